The first-order chi connectivity index (χ1) is 8.65. The third-order valence-electron chi connectivity index (χ3n) is 3.82. The molecular weight excluding hydrogens is 232 g/mol. The molecule has 1 saturated heterocycles. The molecule has 0 spiro atoms. The van der Waals surface area contributed by atoms with Crippen LogP contribution in [0.2, 0.25) is 0 Å². The van der Waals surface area contributed by atoms with Crippen LogP contribution >= 0.6 is 0 Å². The summed E-state index contributed by atoms with van der Waals surface area (Å²) in [5, 5.41) is 24.7. The Morgan fingerprint density at radius 3 is 2.61 bits per heavy atom. The summed E-state index contributed by atoms with van der Waals surface area (Å²) in [5.41, 5.74) is -0.864. The SMILES string of the molecule is CCC(CO)(CO)NC(=O)CCC1CCCCN1. The van der Waals surface area contributed by atoms with Crippen molar-refractivity contribution in [2.45, 2.75) is 57.0 Å². The average molecular weight is 258 g/mol. The number of carbonyl (C=O) groups is 1. The molecule has 1 rings (SSSR count). The molecule has 0 aromatic heterocycles. The van der Waals surface area contributed by atoms with E-state index in [1.165, 1.54) is 12.8 Å². The molecule has 0 aromatic carbocycles. The zero-order valence-electron chi connectivity index (χ0n) is 11.2. The fourth-order valence-corrected chi connectivity index (χ4v) is 2.28. The topological polar surface area (TPSA) is 81.6 Å². The first-order valence-corrected chi connectivity index (χ1v) is 6.92. The van der Waals surface area contributed by atoms with Gasteiger partial charge >= 0.3 is 0 Å². The van der Waals surface area contributed by atoms with E-state index in [0.29, 0.717) is 18.9 Å². The van der Waals surface area contributed by atoms with Gasteiger partial charge in [0.15, 0.2) is 0 Å². The van der Waals surface area contributed by atoms with E-state index >= 15 is 0 Å². The Balaban J connectivity index is 2.31. The molecule has 1 fully saturated rings. The van der Waals surface area contributed by atoms with Crippen LogP contribution in [0.15, 0.2) is 0 Å². The van der Waals surface area contributed by atoms with E-state index in [-0.39, 0.29) is 19.1 Å². The fourth-order valence-electron chi connectivity index (χ4n) is 2.28. The van der Waals surface area contributed by atoms with E-state index in [1.807, 2.05) is 6.92 Å². The largest absolute Gasteiger partial charge is 0.394 e. The Morgan fingerprint density at radius 2 is 2.11 bits per heavy atom. The summed E-state index contributed by atoms with van der Waals surface area (Å²) in [7, 11) is 0. The molecule has 1 heterocycles. The number of rotatable bonds is 7. The zero-order valence-corrected chi connectivity index (χ0v) is 11.2. The first-order valence-electron chi connectivity index (χ1n) is 6.92. The van der Waals surface area contributed by atoms with E-state index in [2.05, 4.69) is 10.6 Å². The van der Waals surface area contributed by atoms with Crippen LogP contribution in [-0.4, -0.2) is 47.5 Å². The van der Waals surface area contributed by atoms with E-state index in [0.717, 1.165) is 19.4 Å². The Hall–Kier alpha value is -0.650. The lowest BCUT2D eigenvalue weighted by Gasteiger charge is -2.30. The number of aliphatic hydroxyl groups excluding tert-OH is 2. The summed E-state index contributed by atoms with van der Waals surface area (Å²) < 4.78 is 0. The van der Waals surface area contributed by atoms with Crippen LogP contribution in [0.5, 0.6) is 0 Å². The zero-order chi connectivity index (χ0) is 13.4. The highest BCUT2D eigenvalue weighted by Gasteiger charge is 2.28. The molecule has 0 radical (unpaired) electrons. The fraction of sp³-hybridized carbons (Fsp3) is 0.923. The highest BCUT2D eigenvalue weighted by Crippen LogP contribution is 2.13. The molecule has 0 saturated carbocycles. The second-order valence-corrected chi connectivity index (χ2v) is 5.18. The number of hydrogen-bond donors (Lipinski definition) is 4. The van der Waals surface area contributed by atoms with Gasteiger partial charge in [-0.1, -0.05) is 13.3 Å². The third kappa shape index (κ3) is 4.55. The van der Waals surface area contributed by atoms with Crippen molar-refractivity contribution < 1.29 is 15.0 Å². The van der Waals surface area contributed by atoms with Crippen molar-refractivity contribution in [2.24, 2.45) is 0 Å². The number of hydrogen-bond acceptors (Lipinski definition) is 4. The minimum Gasteiger partial charge on any atom is -0.394 e. The van der Waals surface area contributed by atoms with Crippen LogP contribution in [0, 0.1) is 0 Å². The molecule has 106 valence electrons. The van der Waals surface area contributed by atoms with Gasteiger partial charge in [-0.05, 0) is 32.2 Å². The smallest absolute Gasteiger partial charge is 0.220 e. The molecule has 1 aliphatic heterocycles. The molecule has 1 atom stereocenters. The van der Waals surface area contributed by atoms with E-state index in [9.17, 15) is 15.0 Å². The normalized spacial score (nSPS) is 20.7. The van der Waals surface area contributed by atoms with Crippen molar-refractivity contribution in [3.63, 3.8) is 0 Å². The standard InChI is InChI=1S/C13H26N2O3/c1-2-13(9-16,10-17)15-12(18)7-6-11-5-3-4-8-14-11/h11,14,16-17H,2-10H2,1H3,(H,15,18). The molecule has 1 aliphatic rings. The maximum atomic E-state index is 11.8. The van der Waals surface area contributed by atoms with Gasteiger partial charge in [0.25, 0.3) is 0 Å². The van der Waals surface area contributed by atoms with Gasteiger partial charge in [0, 0.05) is 12.5 Å². The lowest BCUT2D eigenvalue weighted by Crippen LogP contribution is -2.54. The Kier molecular flexibility index (Phi) is 6.60. The van der Waals surface area contributed by atoms with Gasteiger partial charge in [0.1, 0.15) is 0 Å². The summed E-state index contributed by atoms with van der Waals surface area (Å²) in [4.78, 5) is 11.8. The Labute approximate surface area is 109 Å². The number of amides is 1. The van der Waals surface area contributed by atoms with Gasteiger partial charge in [0.05, 0.1) is 18.8 Å². The van der Waals surface area contributed by atoms with Crippen LogP contribution in [0.1, 0.15) is 45.4 Å². The minimum atomic E-state index is -0.864. The van der Waals surface area contributed by atoms with Gasteiger partial charge in [-0.15, -0.1) is 0 Å². The first kappa shape index (κ1) is 15.4. The Morgan fingerprint density at radius 1 is 1.39 bits per heavy atom. The summed E-state index contributed by atoms with van der Waals surface area (Å²) in [6.45, 7) is 2.43. The van der Waals surface area contributed by atoms with Gasteiger partial charge in [-0.3, -0.25) is 4.79 Å². The highest BCUT2D eigenvalue weighted by molar-refractivity contribution is 5.76. The van der Waals surface area contributed by atoms with Crippen molar-refractivity contribution in [3.05, 3.63) is 0 Å². The van der Waals surface area contributed by atoms with Crippen molar-refractivity contribution in [3.8, 4) is 0 Å². The van der Waals surface area contributed by atoms with E-state index in [1.54, 1.807) is 0 Å². The van der Waals surface area contributed by atoms with Crippen LogP contribution in [0.4, 0.5) is 0 Å². The molecule has 4 N–H and O–H groups in total. The van der Waals surface area contributed by atoms with Gasteiger partial charge in [-0.25, -0.2) is 0 Å². The van der Waals surface area contributed by atoms with Gasteiger partial charge in [0.2, 0.25) is 5.91 Å². The molecule has 5 nitrogen and oxygen atoms in total. The molecule has 18 heavy (non-hydrogen) atoms. The van der Waals surface area contributed by atoms with Crippen LogP contribution in [-0.2, 0) is 4.79 Å². The average Bonchev–Trinajstić information content (AvgIpc) is 2.44. The molecule has 1 amide bonds. The molecule has 0 bridgehead atoms. The third-order valence-corrected chi connectivity index (χ3v) is 3.82. The van der Waals surface area contributed by atoms with E-state index in [4.69, 9.17) is 0 Å². The minimum absolute atomic E-state index is 0.0904. The molecule has 0 aromatic rings. The molecular formula is C13H26N2O3. The van der Waals surface area contributed by atoms with Crippen molar-refractivity contribution in [1.29, 1.82) is 0 Å². The van der Waals surface area contributed by atoms with E-state index < -0.39 is 5.54 Å². The monoisotopic (exact) mass is 258 g/mol. The lowest BCUT2D eigenvalue weighted by atomic mass is 9.97. The van der Waals surface area contributed by atoms with Gasteiger partial charge < -0.3 is 20.8 Å². The lowest BCUT2D eigenvalue weighted by molar-refractivity contribution is -0.124. The van der Waals surface area contributed by atoms with Gasteiger partial charge in [-0.2, -0.15) is 0 Å². The van der Waals surface area contributed by atoms with Crippen molar-refractivity contribution in [2.75, 3.05) is 19.8 Å². The van der Waals surface area contributed by atoms with Crippen molar-refractivity contribution in [1.82, 2.24) is 10.6 Å². The molecule has 5 heteroatoms. The maximum Gasteiger partial charge on any atom is 0.220 e. The summed E-state index contributed by atoms with van der Waals surface area (Å²) in [6.07, 6.45) is 5.36. The predicted octanol–water partition coefficient (Wildman–Crippen LogP) is 0.158. The van der Waals surface area contributed by atoms with Crippen LogP contribution in [0.3, 0.4) is 0 Å². The second-order valence-electron chi connectivity index (χ2n) is 5.18. The van der Waals surface area contributed by atoms with Crippen molar-refractivity contribution >= 4 is 5.91 Å². The predicted molar refractivity (Wildman–Crippen MR) is 70.2 cm³/mol. The molecule has 0 aliphatic carbocycles. The number of aliphatic hydroxyl groups is 2. The molecule has 1 unspecified atom stereocenters. The summed E-state index contributed by atoms with van der Waals surface area (Å²) >= 11 is 0. The number of carbonyl (C=O) groups excluding carboxylic acids is 1. The second kappa shape index (κ2) is 7.71. The Bertz CT molecular complexity index is 240. The van der Waals surface area contributed by atoms with Crippen LogP contribution in [0.25, 0.3) is 0 Å². The maximum absolute atomic E-state index is 11.8. The quantitative estimate of drug-likeness (QED) is 0.524. The van der Waals surface area contributed by atoms with Crippen LogP contribution < -0.4 is 10.6 Å². The highest BCUT2D eigenvalue weighted by atomic mass is 16.3. The number of nitrogens with one attached hydrogen (secondary N) is 2. The summed E-state index contributed by atoms with van der Waals surface area (Å²) in [5.74, 6) is -0.0904. The summed E-state index contributed by atoms with van der Waals surface area (Å²) in [6, 6.07) is 0.434. The number of piperidine rings is 1.